The molecule has 112 valence electrons. The van der Waals surface area contributed by atoms with Crippen LogP contribution in [0.15, 0.2) is 35.5 Å². The predicted octanol–water partition coefficient (Wildman–Crippen LogP) is 2.00. The molecule has 3 rings (SSSR count). The molecule has 1 atom stereocenters. The van der Waals surface area contributed by atoms with E-state index in [1.54, 1.807) is 24.4 Å². The van der Waals surface area contributed by atoms with Gasteiger partial charge in [0.15, 0.2) is 0 Å². The average molecular weight is 326 g/mol. The van der Waals surface area contributed by atoms with E-state index in [4.69, 9.17) is 17.3 Å². The minimum Gasteiger partial charge on any atom is -0.327 e. The van der Waals surface area contributed by atoms with Crippen LogP contribution in [0.4, 0.5) is 0 Å². The van der Waals surface area contributed by atoms with Crippen molar-refractivity contribution in [3.63, 3.8) is 0 Å². The fourth-order valence-corrected chi connectivity index (χ4v) is 4.80. The van der Waals surface area contributed by atoms with Crippen molar-refractivity contribution in [3.8, 4) is 0 Å². The monoisotopic (exact) mass is 325 g/mol. The van der Waals surface area contributed by atoms with Crippen LogP contribution in [0, 0.1) is 0 Å². The molecule has 0 spiro atoms. The van der Waals surface area contributed by atoms with Gasteiger partial charge in [0.2, 0.25) is 10.0 Å². The average Bonchev–Trinajstić information content (AvgIpc) is 2.47. The van der Waals surface area contributed by atoms with E-state index in [0.29, 0.717) is 28.9 Å². The van der Waals surface area contributed by atoms with Gasteiger partial charge < -0.3 is 5.73 Å². The Bertz CT molecular complexity index is 774. The Morgan fingerprint density at radius 3 is 2.90 bits per heavy atom. The van der Waals surface area contributed by atoms with Gasteiger partial charge in [0, 0.05) is 42.3 Å². The van der Waals surface area contributed by atoms with Gasteiger partial charge in [0.1, 0.15) is 0 Å². The first-order valence-corrected chi connectivity index (χ1v) is 8.60. The maximum Gasteiger partial charge on any atom is 0.243 e. The van der Waals surface area contributed by atoms with E-state index < -0.39 is 10.0 Å². The molecular weight excluding hydrogens is 310 g/mol. The molecule has 2 aromatic rings. The number of hydrogen-bond donors (Lipinski definition) is 1. The van der Waals surface area contributed by atoms with E-state index in [-0.39, 0.29) is 10.9 Å². The molecule has 7 heteroatoms. The highest BCUT2D eigenvalue weighted by atomic mass is 35.5. The minimum absolute atomic E-state index is 0.111. The van der Waals surface area contributed by atoms with Crippen LogP contribution in [-0.4, -0.2) is 36.8 Å². The number of aromatic nitrogens is 1. The van der Waals surface area contributed by atoms with E-state index in [2.05, 4.69) is 4.98 Å². The Kier molecular flexibility index (Phi) is 3.88. The molecule has 1 aromatic carbocycles. The first kappa shape index (κ1) is 14.7. The molecule has 1 aliphatic rings. The molecule has 0 amide bonds. The Morgan fingerprint density at radius 1 is 1.33 bits per heavy atom. The Morgan fingerprint density at radius 2 is 2.14 bits per heavy atom. The van der Waals surface area contributed by atoms with Crippen LogP contribution >= 0.6 is 11.6 Å². The molecule has 2 heterocycles. The van der Waals surface area contributed by atoms with Gasteiger partial charge in [-0.15, -0.1) is 0 Å². The lowest BCUT2D eigenvalue weighted by molar-refractivity contribution is 0.316. The van der Waals surface area contributed by atoms with E-state index in [0.717, 1.165) is 12.8 Å². The van der Waals surface area contributed by atoms with Crippen molar-refractivity contribution in [1.82, 2.24) is 9.29 Å². The van der Waals surface area contributed by atoms with Crippen molar-refractivity contribution >= 4 is 32.4 Å². The SMILES string of the molecule is NC1CCCN(S(=O)(=O)c2cccc3cncc(Cl)c23)C1. The molecule has 1 unspecified atom stereocenters. The fourth-order valence-electron chi connectivity index (χ4n) is 2.71. The van der Waals surface area contributed by atoms with E-state index >= 15 is 0 Å². The summed E-state index contributed by atoms with van der Waals surface area (Å²) in [5.41, 5.74) is 5.90. The van der Waals surface area contributed by atoms with E-state index in [1.165, 1.54) is 10.5 Å². The van der Waals surface area contributed by atoms with Crippen molar-refractivity contribution in [1.29, 1.82) is 0 Å². The number of hydrogen-bond acceptors (Lipinski definition) is 4. The Balaban J connectivity index is 2.15. The molecule has 5 nitrogen and oxygen atoms in total. The second-order valence-electron chi connectivity index (χ2n) is 5.24. The van der Waals surface area contributed by atoms with Crippen molar-refractivity contribution in [2.75, 3.05) is 13.1 Å². The van der Waals surface area contributed by atoms with Gasteiger partial charge in [-0.1, -0.05) is 23.7 Å². The molecule has 21 heavy (non-hydrogen) atoms. The summed E-state index contributed by atoms with van der Waals surface area (Å²) in [7, 11) is -3.60. The lowest BCUT2D eigenvalue weighted by Gasteiger charge is -2.30. The number of benzene rings is 1. The van der Waals surface area contributed by atoms with Gasteiger partial charge in [-0.05, 0) is 18.9 Å². The highest BCUT2D eigenvalue weighted by Crippen LogP contribution is 2.31. The quantitative estimate of drug-likeness (QED) is 0.916. The number of nitrogens with two attached hydrogens (primary N) is 1. The molecule has 0 bridgehead atoms. The van der Waals surface area contributed by atoms with Crippen molar-refractivity contribution in [2.24, 2.45) is 5.73 Å². The minimum atomic E-state index is -3.60. The summed E-state index contributed by atoms with van der Waals surface area (Å²) in [4.78, 5) is 4.22. The molecule has 1 saturated heterocycles. The maximum atomic E-state index is 12.9. The van der Waals surface area contributed by atoms with Crippen molar-refractivity contribution in [2.45, 2.75) is 23.8 Å². The topological polar surface area (TPSA) is 76.3 Å². The zero-order valence-corrected chi connectivity index (χ0v) is 12.9. The smallest absolute Gasteiger partial charge is 0.243 e. The largest absolute Gasteiger partial charge is 0.327 e. The normalized spacial score (nSPS) is 20.8. The van der Waals surface area contributed by atoms with Gasteiger partial charge in [-0.3, -0.25) is 4.98 Å². The van der Waals surface area contributed by atoms with Crippen LogP contribution in [0.1, 0.15) is 12.8 Å². The molecule has 1 fully saturated rings. The number of nitrogens with zero attached hydrogens (tertiary/aromatic N) is 2. The molecule has 1 aromatic heterocycles. The van der Waals surface area contributed by atoms with Gasteiger partial charge in [-0.2, -0.15) is 4.31 Å². The number of halogens is 1. The highest BCUT2D eigenvalue weighted by molar-refractivity contribution is 7.89. The highest BCUT2D eigenvalue weighted by Gasteiger charge is 2.30. The van der Waals surface area contributed by atoms with Gasteiger partial charge in [0.25, 0.3) is 0 Å². The zero-order valence-electron chi connectivity index (χ0n) is 11.4. The lowest BCUT2D eigenvalue weighted by atomic mass is 10.1. The number of pyridine rings is 1. The predicted molar refractivity (Wildman–Crippen MR) is 82.7 cm³/mol. The second-order valence-corrected chi connectivity index (χ2v) is 7.55. The number of sulfonamides is 1. The second kappa shape index (κ2) is 5.53. The third-order valence-corrected chi connectivity index (χ3v) is 5.93. The third-order valence-electron chi connectivity index (χ3n) is 3.74. The van der Waals surface area contributed by atoms with Crippen LogP contribution in [0.2, 0.25) is 5.02 Å². The first-order valence-electron chi connectivity index (χ1n) is 6.78. The molecule has 0 radical (unpaired) electrons. The fraction of sp³-hybridized carbons (Fsp3) is 0.357. The zero-order chi connectivity index (χ0) is 15.0. The number of fused-ring (bicyclic) bond motifs is 1. The van der Waals surface area contributed by atoms with Gasteiger partial charge in [0.05, 0.1) is 9.92 Å². The van der Waals surface area contributed by atoms with Crippen molar-refractivity contribution in [3.05, 3.63) is 35.6 Å². The number of piperidine rings is 1. The third kappa shape index (κ3) is 2.64. The lowest BCUT2D eigenvalue weighted by Crippen LogP contribution is -2.45. The maximum absolute atomic E-state index is 12.9. The van der Waals surface area contributed by atoms with Crippen LogP contribution < -0.4 is 5.73 Å². The first-order chi connectivity index (χ1) is 10.00. The Labute approximate surface area is 128 Å². The molecule has 0 aliphatic carbocycles. The molecule has 2 N–H and O–H groups in total. The summed E-state index contributed by atoms with van der Waals surface area (Å²) in [5.74, 6) is 0. The molecular formula is C14H16ClN3O2S. The summed E-state index contributed by atoms with van der Waals surface area (Å²) in [6.07, 6.45) is 4.71. The van der Waals surface area contributed by atoms with Crippen molar-refractivity contribution < 1.29 is 8.42 Å². The summed E-state index contributed by atoms with van der Waals surface area (Å²) in [6, 6.07) is 4.98. The number of rotatable bonds is 2. The van der Waals surface area contributed by atoms with Gasteiger partial charge >= 0.3 is 0 Å². The van der Waals surface area contributed by atoms with Gasteiger partial charge in [-0.25, -0.2) is 8.42 Å². The summed E-state index contributed by atoms with van der Waals surface area (Å²) < 4.78 is 27.2. The Hall–Kier alpha value is -1.21. The summed E-state index contributed by atoms with van der Waals surface area (Å²) >= 11 is 6.17. The van der Waals surface area contributed by atoms with Crippen LogP contribution in [-0.2, 0) is 10.0 Å². The van der Waals surface area contributed by atoms with E-state index in [1.807, 2.05) is 0 Å². The summed E-state index contributed by atoms with van der Waals surface area (Å²) in [6.45, 7) is 0.844. The summed E-state index contributed by atoms with van der Waals surface area (Å²) in [5, 5.41) is 1.58. The van der Waals surface area contributed by atoms with Crippen LogP contribution in [0.5, 0.6) is 0 Å². The molecule has 1 aliphatic heterocycles. The standard InChI is InChI=1S/C14H16ClN3O2S/c15-12-8-17-7-10-3-1-5-13(14(10)12)21(19,20)18-6-2-4-11(16)9-18/h1,3,5,7-8,11H,2,4,6,9,16H2. The molecule has 0 saturated carbocycles. The van der Waals surface area contributed by atoms with E-state index in [9.17, 15) is 8.42 Å². The van der Waals surface area contributed by atoms with Crippen LogP contribution in [0.3, 0.4) is 0 Å². The van der Waals surface area contributed by atoms with Crippen LogP contribution in [0.25, 0.3) is 10.8 Å².